The number of fused-ring (bicyclic) bond motifs is 1. The number of Topliss-reactive ketones (excluding diaryl/α,β-unsaturated/α-hetero) is 1. The van der Waals surface area contributed by atoms with Crippen molar-refractivity contribution in [3.8, 4) is 0 Å². The van der Waals surface area contributed by atoms with Crippen LogP contribution < -0.4 is 10.0 Å². The second-order valence-corrected chi connectivity index (χ2v) is 9.68. The van der Waals surface area contributed by atoms with E-state index in [0.29, 0.717) is 23.6 Å². The van der Waals surface area contributed by atoms with Crippen molar-refractivity contribution in [1.29, 1.82) is 0 Å². The Labute approximate surface area is 201 Å². The van der Waals surface area contributed by atoms with E-state index in [-0.39, 0.29) is 5.57 Å². The summed E-state index contributed by atoms with van der Waals surface area (Å²) < 4.78 is 2.53. The first-order chi connectivity index (χ1) is 15.7. The van der Waals surface area contributed by atoms with E-state index in [1.165, 1.54) is 4.90 Å². The van der Waals surface area contributed by atoms with Crippen LogP contribution in [0.4, 0.5) is 0 Å². The molecule has 0 radical (unpaired) electrons. The predicted octanol–water partition coefficient (Wildman–Crippen LogP) is 1.47. The second-order valence-electron chi connectivity index (χ2n) is 8.77. The third kappa shape index (κ3) is 4.20. The molecule has 0 bridgehead atoms. The first kappa shape index (κ1) is 23.2. The van der Waals surface area contributed by atoms with Crippen LogP contribution in [0, 0.1) is 13.8 Å². The van der Waals surface area contributed by atoms with Gasteiger partial charge in [0.15, 0.2) is 0 Å². The van der Waals surface area contributed by atoms with Crippen molar-refractivity contribution < 1.29 is 19.6 Å². The molecule has 0 spiro atoms. The molecular formula is C25H27BrN4O3. The number of quaternary nitrogens is 1. The predicted molar refractivity (Wildman–Crippen MR) is 127 cm³/mol. The molecule has 1 aliphatic heterocycles. The molecule has 2 aromatic heterocycles. The van der Waals surface area contributed by atoms with Crippen LogP contribution in [-0.2, 0) is 9.59 Å². The lowest BCUT2D eigenvalue weighted by molar-refractivity contribution is -0.858. The molecule has 172 valence electrons. The molecule has 0 aliphatic carbocycles. The van der Waals surface area contributed by atoms with Crippen LogP contribution in [0.3, 0.4) is 0 Å². The van der Waals surface area contributed by atoms with Crippen molar-refractivity contribution in [2.24, 2.45) is 0 Å². The molecule has 4 rings (SSSR count). The number of ketones is 1. The number of carbonyl (C=O) groups is 2. The Bertz CT molecular complexity index is 1280. The van der Waals surface area contributed by atoms with E-state index in [1.54, 1.807) is 22.4 Å². The minimum Gasteiger partial charge on any atom is -0.871 e. The highest BCUT2D eigenvalue weighted by Crippen LogP contribution is 2.39. The van der Waals surface area contributed by atoms with Crippen molar-refractivity contribution in [2.45, 2.75) is 26.3 Å². The van der Waals surface area contributed by atoms with Gasteiger partial charge in [-0.3, -0.25) is 9.59 Å². The fraction of sp³-hybridized carbons (Fsp3) is 0.320. The number of aryl methyl sites for hydroxylation is 2. The first-order valence-corrected chi connectivity index (χ1v) is 11.8. The molecule has 3 heterocycles. The Hall–Kier alpha value is -2.97. The van der Waals surface area contributed by atoms with Gasteiger partial charge in [-0.2, -0.15) is 0 Å². The summed E-state index contributed by atoms with van der Waals surface area (Å²) >= 11 is 3.48. The zero-order valence-corrected chi connectivity index (χ0v) is 20.8. The SMILES string of the molecule is Cc1nc2c(C)cccn2c1C([O-])=C1C(=O)C(=O)N(CCC[NH+](C)C)C1c1cccc(Br)c1. The summed E-state index contributed by atoms with van der Waals surface area (Å²) in [5.74, 6) is -1.81. The second kappa shape index (κ2) is 9.11. The number of aromatic nitrogens is 2. The summed E-state index contributed by atoms with van der Waals surface area (Å²) in [6.45, 7) is 4.92. The molecular weight excluding hydrogens is 484 g/mol. The van der Waals surface area contributed by atoms with E-state index in [1.807, 2.05) is 57.4 Å². The van der Waals surface area contributed by atoms with Gasteiger partial charge in [0.1, 0.15) is 5.65 Å². The van der Waals surface area contributed by atoms with Crippen LogP contribution in [0.25, 0.3) is 11.4 Å². The van der Waals surface area contributed by atoms with E-state index >= 15 is 0 Å². The summed E-state index contributed by atoms with van der Waals surface area (Å²) in [6, 6.07) is 10.5. The minimum atomic E-state index is -0.734. The van der Waals surface area contributed by atoms with E-state index in [2.05, 4.69) is 20.9 Å². The average molecular weight is 511 g/mol. The van der Waals surface area contributed by atoms with Crippen molar-refractivity contribution in [3.63, 3.8) is 0 Å². The molecule has 1 aliphatic rings. The van der Waals surface area contributed by atoms with Crippen LogP contribution in [0.2, 0.25) is 0 Å². The first-order valence-electron chi connectivity index (χ1n) is 11.0. The standard InChI is InChI=1S/C25H27BrN4O3/c1-15-8-6-12-29-20(16(2)27-24(15)29)22(31)19-21(17-9-5-10-18(26)14-17)30(25(33)23(19)32)13-7-11-28(3)4/h5-6,8-10,12,14,21,31H,7,11,13H2,1-4H3. The quantitative estimate of drug-likeness (QED) is 0.309. The molecule has 1 aromatic carbocycles. The zero-order valence-electron chi connectivity index (χ0n) is 19.2. The molecule has 0 saturated carbocycles. The fourth-order valence-corrected chi connectivity index (χ4v) is 4.86. The van der Waals surface area contributed by atoms with E-state index in [4.69, 9.17) is 0 Å². The number of nitrogens with zero attached hydrogens (tertiary/aromatic N) is 3. The summed E-state index contributed by atoms with van der Waals surface area (Å²) in [5.41, 5.74) is 3.16. The van der Waals surface area contributed by atoms with Crippen molar-refractivity contribution in [1.82, 2.24) is 14.3 Å². The monoisotopic (exact) mass is 510 g/mol. The number of hydrogen-bond donors (Lipinski definition) is 1. The van der Waals surface area contributed by atoms with Crippen molar-refractivity contribution >= 4 is 39.0 Å². The molecule has 1 saturated heterocycles. The summed E-state index contributed by atoms with van der Waals surface area (Å²) in [5, 5.41) is 13.9. The third-order valence-electron chi connectivity index (χ3n) is 6.00. The highest BCUT2D eigenvalue weighted by molar-refractivity contribution is 9.10. The third-order valence-corrected chi connectivity index (χ3v) is 6.50. The number of halogens is 1. The van der Waals surface area contributed by atoms with Gasteiger partial charge in [0.2, 0.25) is 5.78 Å². The summed E-state index contributed by atoms with van der Waals surface area (Å²) in [4.78, 5) is 33.7. The molecule has 1 amide bonds. The van der Waals surface area contributed by atoms with Crippen LogP contribution in [-0.4, -0.2) is 53.2 Å². The number of carbonyl (C=O) groups excluding carboxylic acids is 2. The van der Waals surface area contributed by atoms with Crippen molar-refractivity contribution in [3.05, 3.63) is 75.2 Å². The lowest BCUT2D eigenvalue weighted by Crippen LogP contribution is -3.05. The maximum Gasteiger partial charge on any atom is 0.295 e. The summed E-state index contributed by atoms with van der Waals surface area (Å²) in [6.07, 6.45) is 2.49. The van der Waals surface area contributed by atoms with E-state index in [9.17, 15) is 14.7 Å². The fourth-order valence-electron chi connectivity index (χ4n) is 4.45. The van der Waals surface area contributed by atoms with Gasteiger partial charge >= 0.3 is 0 Å². The number of likely N-dealkylation sites (tertiary alicyclic amines) is 1. The van der Waals surface area contributed by atoms with Crippen LogP contribution in [0.15, 0.2) is 52.6 Å². The van der Waals surface area contributed by atoms with E-state index < -0.39 is 23.5 Å². The maximum atomic E-state index is 13.9. The largest absolute Gasteiger partial charge is 0.871 e. The number of benzene rings is 1. The van der Waals surface area contributed by atoms with Gasteiger partial charge < -0.3 is 19.3 Å². The Kier molecular flexibility index (Phi) is 6.41. The van der Waals surface area contributed by atoms with Crippen LogP contribution in [0.5, 0.6) is 0 Å². The maximum absolute atomic E-state index is 13.9. The van der Waals surface area contributed by atoms with Crippen LogP contribution in [0.1, 0.15) is 35.0 Å². The van der Waals surface area contributed by atoms with Gasteiger partial charge in [0.25, 0.3) is 5.91 Å². The number of nitrogens with one attached hydrogen (secondary N) is 1. The van der Waals surface area contributed by atoms with Gasteiger partial charge in [0, 0.05) is 29.2 Å². The van der Waals surface area contributed by atoms with E-state index in [0.717, 1.165) is 28.6 Å². The molecule has 7 nitrogen and oxygen atoms in total. The van der Waals surface area contributed by atoms with Crippen LogP contribution >= 0.6 is 15.9 Å². The number of imidazole rings is 1. The van der Waals surface area contributed by atoms with Gasteiger partial charge in [-0.15, -0.1) is 0 Å². The van der Waals surface area contributed by atoms with Gasteiger partial charge in [-0.05, 0) is 43.2 Å². The molecule has 1 unspecified atom stereocenters. The molecule has 1 fully saturated rings. The van der Waals surface area contributed by atoms with Gasteiger partial charge in [0.05, 0.1) is 38.1 Å². The highest BCUT2D eigenvalue weighted by Gasteiger charge is 2.44. The Morgan fingerprint density at radius 3 is 2.64 bits per heavy atom. The van der Waals surface area contributed by atoms with Crippen molar-refractivity contribution in [2.75, 3.05) is 27.2 Å². The lowest BCUT2D eigenvalue weighted by Gasteiger charge is -2.27. The lowest BCUT2D eigenvalue weighted by atomic mass is 9.96. The van der Waals surface area contributed by atoms with Gasteiger partial charge in [-0.1, -0.05) is 39.9 Å². The molecule has 1 N–H and O–H groups in total. The zero-order chi connectivity index (χ0) is 23.9. The van der Waals surface area contributed by atoms with Gasteiger partial charge in [-0.25, -0.2) is 4.98 Å². The number of pyridine rings is 1. The minimum absolute atomic E-state index is 0.0123. The molecule has 33 heavy (non-hydrogen) atoms. The number of amides is 1. The summed E-state index contributed by atoms with van der Waals surface area (Å²) in [7, 11) is 4.08. The molecule has 8 heteroatoms. The smallest absolute Gasteiger partial charge is 0.295 e. The Morgan fingerprint density at radius 1 is 1.18 bits per heavy atom. The molecule has 1 atom stereocenters. The normalized spacial score (nSPS) is 18.1. The molecule has 3 aromatic rings. The topological polar surface area (TPSA) is 82.2 Å². The Morgan fingerprint density at radius 2 is 1.94 bits per heavy atom. The highest BCUT2D eigenvalue weighted by atomic mass is 79.9. The number of rotatable bonds is 6. The average Bonchev–Trinajstić information content (AvgIpc) is 3.23. The Balaban J connectivity index is 1.90. The number of hydrogen-bond acceptors (Lipinski definition) is 4.